The van der Waals surface area contributed by atoms with Crippen molar-refractivity contribution < 1.29 is 0 Å². The predicted molar refractivity (Wildman–Crippen MR) is 67.9 cm³/mol. The quantitative estimate of drug-likeness (QED) is 0.830. The van der Waals surface area contributed by atoms with Crippen molar-refractivity contribution in [3.8, 4) is 0 Å². The van der Waals surface area contributed by atoms with Crippen molar-refractivity contribution in [1.82, 2.24) is 15.3 Å². The highest BCUT2D eigenvalue weighted by Gasteiger charge is 2.22. The van der Waals surface area contributed by atoms with Gasteiger partial charge < -0.3 is 10.3 Å². The molecule has 2 aliphatic heterocycles. The molecule has 2 fully saturated rings. The second-order valence-corrected chi connectivity index (χ2v) is 5.98. The summed E-state index contributed by atoms with van der Waals surface area (Å²) in [7, 11) is 0. The van der Waals surface area contributed by atoms with Gasteiger partial charge in [-0.2, -0.15) is 11.8 Å². The molecular formula is C12H19N3S. The zero-order chi connectivity index (χ0) is 10.8. The van der Waals surface area contributed by atoms with Gasteiger partial charge in [0.25, 0.3) is 0 Å². The van der Waals surface area contributed by atoms with Crippen molar-refractivity contribution in [3.63, 3.8) is 0 Å². The van der Waals surface area contributed by atoms with Gasteiger partial charge in [-0.1, -0.05) is 0 Å². The number of nitrogens with zero attached hydrogens (tertiary/aromatic N) is 1. The van der Waals surface area contributed by atoms with Crippen molar-refractivity contribution in [2.45, 2.75) is 37.6 Å². The number of rotatable bonds is 2. The Hall–Kier alpha value is -0.480. The Morgan fingerprint density at radius 3 is 2.88 bits per heavy atom. The lowest BCUT2D eigenvalue weighted by molar-refractivity contribution is 0.594. The molecule has 2 aliphatic rings. The largest absolute Gasteiger partial charge is 0.344 e. The molecule has 0 aromatic carbocycles. The highest BCUT2D eigenvalue weighted by molar-refractivity contribution is 7.99. The van der Waals surface area contributed by atoms with Crippen LogP contribution < -0.4 is 5.32 Å². The normalized spacial score (nSPS) is 27.4. The first-order valence-electron chi connectivity index (χ1n) is 6.29. The summed E-state index contributed by atoms with van der Waals surface area (Å²) in [5.41, 5.74) is 1.36. The van der Waals surface area contributed by atoms with Crippen molar-refractivity contribution in [3.05, 3.63) is 17.7 Å². The summed E-state index contributed by atoms with van der Waals surface area (Å²) < 4.78 is 0. The Balaban J connectivity index is 1.71. The molecule has 0 aliphatic carbocycles. The summed E-state index contributed by atoms with van der Waals surface area (Å²) in [4.78, 5) is 8.09. The summed E-state index contributed by atoms with van der Waals surface area (Å²) in [6.07, 6.45) is 7.19. The van der Waals surface area contributed by atoms with Crippen LogP contribution in [0.5, 0.6) is 0 Å². The number of thioether (sulfide) groups is 1. The molecule has 3 nitrogen and oxygen atoms in total. The number of nitrogens with one attached hydrogen (secondary N) is 2. The molecule has 3 heterocycles. The fourth-order valence-electron chi connectivity index (χ4n) is 2.66. The van der Waals surface area contributed by atoms with E-state index in [1.54, 1.807) is 0 Å². The van der Waals surface area contributed by atoms with Crippen LogP contribution in [-0.4, -0.2) is 28.0 Å². The van der Waals surface area contributed by atoms with Gasteiger partial charge in [0.15, 0.2) is 0 Å². The first kappa shape index (κ1) is 10.7. The van der Waals surface area contributed by atoms with Gasteiger partial charge in [0.2, 0.25) is 0 Å². The Labute approximate surface area is 101 Å². The number of hydrogen-bond acceptors (Lipinski definition) is 3. The molecule has 88 valence electrons. The van der Waals surface area contributed by atoms with E-state index in [1.807, 2.05) is 0 Å². The van der Waals surface area contributed by atoms with Crippen LogP contribution in [0.1, 0.15) is 49.2 Å². The SMILES string of the molecule is c1nc(C2CCCN2)[nH]c1C1CCSCC1. The summed E-state index contributed by atoms with van der Waals surface area (Å²) in [5, 5.41) is 3.49. The topological polar surface area (TPSA) is 40.7 Å². The van der Waals surface area contributed by atoms with E-state index in [0.717, 1.165) is 18.3 Å². The van der Waals surface area contributed by atoms with E-state index in [9.17, 15) is 0 Å². The van der Waals surface area contributed by atoms with Gasteiger partial charge in [-0.15, -0.1) is 0 Å². The van der Waals surface area contributed by atoms with Crippen molar-refractivity contribution in [2.75, 3.05) is 18.1 Å². The lowest BCUT2D eigenvalue weighted by Gasteiger charge is -2.19. The minimum atomic E-state index is 0.478. The number of H-pyrrole nitrogens is 1. The first-order chi connectivity index (χ1) is 7.93. The second-order valence-electron chi connectivity index (χ2n) is 4.76. The van der Waals surface area contributed by atoms with E-state index >= 15 is 0 Å². The third-order valence-electron chi connectivity index (χ3n) is 3.67. The van der Waals surface area contributed by atoms with Gasteiger partial charge in [-0.3, -0.25) is 0 Å². The van der Waals surface area contributed by atoms with Crippen LogP contribution in [0, 0.1) is 0 Å². The smallest absolute Gasteiger partial charge is 0.123 e. The van der Waals surface area contributed by atoms with Crippen molar-refractivity contribution in [1.29, 1.82) is 0 Å². The molecule has 0 spiro atoms. The molecule has 1 aromatic rings. The van der Waals surface area contributed by atoms with Crippen LogP contribution in [0.4, 0.5) is 0 Å². The predicted octanol–water partition coefficient (Wildman–Crippen LogP) is 2.44. The van der Waals surface area contributed by atoms with Gasteiger partial charge in [0, 0.05) is 17.8 Å². The van der Waals surface area contributed by atoms with Crippen molar-refractivity contribution in [2.24, 2.45) is 0 Å². The monoisotopic (exact) mass is 237 g/mol. The lowest BCUT2D eigenvalue weighted by atomic mass is 10.00. The van der Waals surface area contributed by atoms with E-state index in [2.05, 4.69) is 33.2 Å². The van der Waals surface area contributed by atoms with Crippen LogP contribution in [0.2, 0.25) is 0 Å². The highest BCUT2D eigenvalue weighted by Crippen LogP contribution is 2.31. The fraction of sp³-hybridized carbons (Fsp3) is 0.750. The molecule has 2 N–H and O–H groups in total. The zero-order valence-corrected chi connectivity index (χ0v) is 10.4. The summed E-state index contributed by atoms with van der Waals surface area (Å²) >= 11 is 2.08. The minimum Gasteiger partial charge on any atom is -0.344 e. The Kier molecular flexibility index (Phi) is 3.20. The van der Waals surface area contributed by atoms with Crippen LogP contribution in [-0.2, 0) is 0 Å². The van der Waals surface area contributed by atoms with Crippen LogP contribution in [0.25, 0.3) is 0 Å². The third-order valence-corrected chi connectivity index (χ3v) is 4.72. The Morgan fingerprint density at radius 1 is 1.25 bits per heavy atom. The molecule has 1 aromatic heterocycles. The molecule has 0 saturated carbocycles. The summed E-state index contributed by atoms with van der Waals surface area (Å²) in [5.74, 6) is 4.50. The van der Waals surface area contributed by atoms with Gasteiger partial charge in [-0.25, -0.2) is 4.98 Å². The van der Waals surface area contributed by atoms with E-state index in [4.69, 9.17) is 0 Å². The highest BCUT2D eigenvalue weighted by atomic mass is 32.2. The molecule has 1 unspecified atom stereocenters. The fourth-order valence-corrected chi connectivity index (χ4v) is 3.77. The number of aromatic nitrogens is 2. The lowest BCUT2D eigenvalue weighted by Crippen LogP contribution is -2.14. The standard InChI is InChI=1S/C12H19N3S/c1-2-10(13-5-1)12-14-8-11(15-12)9-3-6-16-7-4-9/h8-10,13H,1-7H2,(H,14,15). The molecule has 3 rings (SSSR count). The van der Waals surface area contributed by atoms with Gasteiger partial charge in [0.1, 0.15) is 5.82 Å². The van der Waals surface area contributed by atoms with Crippen molar-refractivity contribution >= 4 is 11.8 Å². The van der Waals surface area contributed by atoms with Crippen LogP contribution in [0.15, 0.2) is 6.20 Å². The molecule has 0 bridgehead atoms. The Bertz CT molecular complexity index is 338. The average Bonchev–Trinajstić information content (AvgIpc) is 3.01. The van der Waals surface area contributed by atoms with Gasteiger partial charge in [-0.05, 0) is 43.7 Å². The summed E-state index contributed by atoms with van der Waals surface area (Å²) in [6, 6.07) is 0.478. The zero-order valence-electron chi connectivity index (χ0n) is 9.54. The molecule has 0 radical (unpaired) electrons. The molecule has 1 atom stereocenters. The average molecular weight is 237 g/mol. The maximum absolute atomic E-state index is 4.55. The van der Waals surface area contributed by atoms with E-state index in [1.165, 1.54) is 42.9 Å². The van der Waals surface area contributed by atoms with Crippen LogP contribution >= 0.6 is 11.8 Å². The maximum Gasteiger partial charge on any atom is 0.123 e. The number of aromatic amines is 1. The number of hydrogen-bond donors (Lipinski definition) is 2. The third kappa shape index (κ3) is 2.13. The minimum absolute atomic E-state index is 0.478. The maximum atomic E-state index is 4.55. The van der Waals surface area contributed by atoms with Crippen LogP contribution in [0.3, 0.4) is 0 Å². The second kappa shape index (κ2) is 4.80. The van der Waals surface area contributed by atoms with E-state index < -0.39 is 0 Å². The summed E-state index contributed by atoms with van der Waals surface area (Å²) in [6.45, 7) is 1.14. The van der Waals surface area contributed by atoms with Gasteiger partial charge in [0.05, 0.1) is 6.04 Å². The number of imidazole rings is 1. The Morgan fingerprint density at radius 2 is 2.12 bits per heavy atom. The molecule has 2 saturated heterocycles. The molecule has 4 heteroatoms. The molecule has 16 heavy (non-hydrogen) atoms. The first-order valence-corrected chi connectivity index (χ1v) is 7.45. The molecular weight excluding hydrogens is 218 g/mol. The molecule has 0 amide bonds. The van der Waals surface area contributed by atoms with Gasteiger partial charge >= 0.3 is 0 Å². The van der Waals surface area contributed by atoms with E-state index in [-0.39, 0.29) is 0 Å². The van der Waals surface area contributed by atoms with E-state index in [0.29, 0.717) is 6.04 Å².